The third kappa shape index (κ3) is 10.1. The van der Waals surface area contributed by atoms with Crippen LogP contribution in [0.5, 0.6) is 0 Å². The first-order valence-corrected chi connectivity index (χ1v) is 26.8. The highest BCUT2D eigenvalue weighted by Crippen LogP contribution is 2.71. The summed E-state index contributed by atoms with van der Waals surface area (Å²) in [5, 5.41) is 149. The highest BCUT2D eigenvalue weighted by molar-refractivity contribution is 5.15. The molecule has 422 valence electrons. The second-order valence-corrected chi connectivity index (χ2v) is 23.8. The minimum Gasteiger partial charge on any atom is -0.394 e. The first kappa shape index (κ1) is 56.8. The number of hydrogen-bond acceptors (Lipinski definition) is 23. The van der Waals surface area contributed by atoms with E-state index in [0.29, 0.717) is 42.9 Å². The first-order valence-electron chi connectivity index (χ1n) is 26.8. The smallest absolute Gasteiger partial charge is 0.187 e. The topological polar surface area (TPSA) is 366 Å². The predicted molar refractivity (Wildman–Crippen MR) is 246 cm³/mol. The Morgan fingerprint density at radius 2 is 1.11 bits per heavy atom. The van der Waals surface area contributed by atoms with Crippen molar-refractivity contribution in [1.82, 2.24) is 0 Å². The van der Waals surface area contributed by atoms with Gasteiger partial charge in [-0.05, 0) is 112 Å². The molecule has 0 unspecified atom stereocenters. The van der Waals surface area contributed by atoms with Gasteiger partial charge in [0.25, 0.3) is 0 Å². The van der Waals surface area contributed by atoms with E-state index in [1.54, 1.807) is 6.92 Å². The van der Waals surface area contributed by atoms with Gasteiger partial charge in [0, 0.05) is 12.3 Å². The highest BCUT2D eigenvalue weighted by Gasteiger charge is 2.68. The molecule has 23 nitrogen and oxygen atoms in total. The van der Waals surface area contributed by atoms with Gasteiger partial charge >= 0.3 is 0 Å². The maximum absolute atomic E-state index is 12.1. The SMILES string of the molecule is C[C@H](CC[C@@]1(O)O[C@H]2C[C@H]3[C@@H]4CC[C@@H]5C[C@@H](O[C@@H]6O[C@H](CO)[C@@H](O[C@@H]7O[C@H](CO)[C@@H](O)[C@H](O)[C@H]7O[C@@H]7O[C@@H](C)[C@H](O)[C@@H](O)[C@H]7O)[C@H](O)[C@H]6O)CC[C@]5(C)[C@H]4CC[C@]3(C)[C@H]2[C@@H]1C)O[C@@H]1O[C@H](CO)[C@@H](O)[C@H](O)[C@H]1O. The average molecular weight is 1050 g/mol. The Kier molecular flexibility index (Phi) is 17.1. The normalized spacial score (nSPS) is 56.6. The molecule has 4 saturated carbocycles. The van der Waals surface area contributed by atoms with Crippen molar-refractivity contribution < 1.29 is 114 Å². The number of rotatable bonds is 14. The van der Waals surface area contributed by atoms with Gasteiger partial charge < -0.3 is 114 Å². The summed E-state index contributed by atoms with van der Waals surface area (Å²) in [6.07, 6.45) is -23.8. The molecule has 73 heavy (non-hydrogen) atoms. The molecule has 0 amide bonds. The molecule has 32 atom stereocenters. The van der Waals surface area contributed by atoms with Crippen molar-refractivity contribution in [2.24, 2.45) is 46.3 Å². The molecule has 23 heteroatoms. The van der Waals surface area contributed by atoms with Crippen LogP contribution >= 0.6 is 0 Å². The predicted octanol–water partition coefficient (Wildman–Crippen LogP) is -3.17. The molecule has 0 bridgehead atoms. The van der Waals surface area contributed by atoms with E-state index >= 15 is 0 Å². The molecule has 14 N–H and O–H groups in total. The Morgan fingerprint density at radius 1 is 0.548 bits per heavy atom. The average Bonchev–Trinajstić information content (AvgIpc) is 3.81. The summed E-state index contributed by atoms with van der Waals surface area (Å²) in [5.41, 5.74) is -0.0302. The van der Waals surface area contributed by atoms with E-state index in [-0.39, 0.29) is 41.3 Å². The molecule has 0 spiro atoms. The molecule has 0 aromatic heterocycles. The maximum atomic E-state index is 12.1. The van der Waals surface area contributed by atoms with Crippen LogP contribution in [-0.2, 0) is 42.6 Å². The van der Waals surface area contributed by atoms with E-state index in [2.05, 4.69) is 20.8 Å². The van der Waals surface area contributed by atoms with Crippen molar-refractivity contribution in [3.63, 3.8) is 0 Å². The summed E-state index contributed by atoms with van der Waals surface area (Å²) in [6, 6.07) is 0. The van der Waals surface area contributed by atoms with Gasteiger partial charge in [0.2, 0.25) is 0 Å². The summed E-state index contributed by atoms with van der Waals surface area (Å²) in [5.74, 6) is 0.241. The van der Waals surface area contributed by atoms with Crippen molar-refractivity contribution in [2.75, 3.05) is 19.8 Å². The highest BCUT2D eigenvalue weighted by atomic mass is 16.8. The lowest BCUT2D eigenvalue weighted by molar-refractivity contribution is -0.389. The molecule has 9 aliphatic rings. The molecule has 5 aliphatic heterocycles. The van der Waals surface area contributed by atoms with Gasteiger partial charge in [-0.3, -0.25) is 0 Å². The summed E-state index contributed by atoms with van der Waals surface area (Å²) in [4.78, 5) is 0. The van der Waals surface area contributed by atoms with Gasteiger partial charge in [-0.2, -0.15) is 0 Å². The van der Waals surface area contributed by atoms with E-state index < -0.39 is 155 Å². The lowest BCUT2D eigenvalue weighted by Gasteiger charge is -2.61. The first-order chi connectivity index (χ1) is 34.5. The van der Waals surface area contributed by atoms with Crippen LogP contribution in [0.2, 0.25) is 0 Å². The van der Waals surface area contributed by atoms with E-state index in [1.807, 2.05) is 0 Å². The Hall–Kier alpha value is -0.920. The molecule has 0 aromatic carbocycles. The second kappa shape index (κ2) is 22.0. The number of aliphatic hydroxyl groups is 14. The van der Waals surface area contributed by atoms with E-state index in [1.165, 1.54) is 6.92 Å². The Bertz CT molecular complexity index is 1840. The molecular weight excluding hydrogens is 969 g/mol. The lowest BCUT2D eigenvalue weighted by Crippen LogP contribution is -2.67. The fourth-order valence-electron chi connectivity index (χ4n) is 15.5. The summed E-state index contributed by atoms with van der Waals surface area (Å²) in [7, 11) is 0. The molecule has 9 fully saturated rings. The summed E-state index contributed by atoms with van der Waals surface area (Å²) in [6.45, 7) is 8.02. The maximum Gasteiger partial charge on any atom is 0.187 e. The summed E-state index contributed by atoms with van der Waals surface area (Å²) < 4.78 is 53.8. The zero-order chi connectivity index (χ0) is 52.8. The van der Waals surface area contributed by atoms with Crippen LogP contribution in [-0.4, -0.2) is 238 Å². The third-order valence-electron chi connectivity index (χ3n) is 19.8. The second-order valence-electron chi connectivity index (χ2n) is 23.8. The van der Waals surface area contributed by atoms with Crippen LogP contribution in [0.3, 0.4) is 0 Å². The van der Waals surface area contributed by atoms with Crippen LogP contribution in [0.4, 0.5) is 0 Å². The van der Waals surface area contributed by atoms with Crippen LogP contribution < -0.4 is 0 Å². The third-order valence-corrected chi connectivity index (χ3v) is 19.8. The molecule has 9 rings (SSSR count). The minimum atomic E-state index is -1.84. The monoisotopic (exact) mass is 1050 g/mol. The Labute approximate surface area is 425 Å². The van der Waals surface area contributed by atoms with Gasteiger partial charge in [-0.25, -0.2) is 0 Å². The molecule has 5 saturated heterocycles. The number of hydrogen-bond donors (Lipinski definition) is 14. The molecule has 0 radical (unpaired) electrons. The van der Waals surface area contributed by atoms with Crippen molar-refractivity contribution >= 4 is 0 Å². The fourth-order valence-corrected chi connectivity index (χ4v) is 15.5. The van der Waals surface area contributed by atoms with Gasteiger partial charge in [-0.15, -0.1) is 0 Å². The van der Waals surface area contributed by atoms with Crippen molar-refractivity contribution in [3.05, 3.63) is 0 Å². The van der Waals surface area contributed by atoms with E-state index in [4.69, 9.17) is 42.6 Å². The van der Waals surface area contributed by atoms with Crippen LogP contribution in [0.15, 0.2) is 0 Å². The Balaban J connectivity index is 0.793. The zero-order valence-electron chi connectivity index (χ0n) is 42.4. The van der Waals surface area contributed by atoms with Crippen molar-refractivity contribution in [3.8, 4) is 0 Å². The van der Waals surface area contributed by atoms with E-state index in [9.17, 15) is 71.5 Å². The van der Waals surface area contributed by atoms with Crippen molar-refractivity contribution in [2.45, 2.75) is 246 Å². The van der Waals surface area contributed by atoms with Crippen LogP contribution in [0.25, 0.3) is 0 Å². The van der Waals surface area contributed by atoms with Crippen LogP contribution in [0, 0.1) is 46.3 Å². The fraction of sp³-hybridized carbons (Fsp3) is 1.00. The molecule has 0 aromatic rings. The minimum absolute atomic E-state index is 0.0159. The number of fused-ring (bicyclic) bond motifs is 7. The number of aliphatic hydroxyl groups excluding tert-OH is 13. The number of ether oxygens (including phenoxy) is 9. The largest absolute Gasteiger partial charge is 0.394 e. The standard InChI is InChI=1S/C50H84O23/c1-19(65-44-40(62)36(58)33(55)28(16-51)68-44)8-13-50(64)20(2)31-27(73-50)15-26-24-7-6-22-14-23(9-11-48(22,4)25(24)10-12-49(26,31)5)67-46-41(63)38(60)42(30(18-53)70-46)71-47-43(37(59)34(56)29(17-52)69-47)72-45-39(61)35(57)32(54)21(3)66-45/h19-47,51-64H,6-18H2,1-5H3/t19-,20+,21+,22-,23+,24-,25+,26+,27+,28-,29-,30-,31+,32+,33-,34-,35-,36+,37+,38-,39-,40-,41-,42-,43-,44-,45+,46-,47+,48+,49+,50-/m1/s1. The van der Waals surface area contributed by atoms with E-state index in [0.717, 1.165) is 38.5 Å². The Morgan fingerprint density at radius 3 is 1.79 bits per heavy atom. The van der Waals surface area contributed by atoms with Gasteiger partial charge in [-0.1, -0.05) is 20.8 Å². The zero-order valence-corrected chi connectivity index (χ0v) is 42.4. The molecular formula is C50H84O23. The quantitative estimate of drug-likeness (QED) is 0.0763. The lowest BCUT2D eigenvalue weighted by atomic mass is 9.44. The van der Waals surface area contributed by atoms with Gasteiger partial charge in [0.1, 0.15) is 91.6 Å². The molecule has 4 aliphatic carbocycles. The van der Waals surface area contributed by atoms with Crippen LogP contribution in [0.1, 0.15) is 98.8 Å². The molecule has 5 heterocycles. The van der Waals surface area contributed by atoms with Gasteiger partial charge in [0.05, 0.1) is 44.2 Å². The van der Waals surface area contributed by atoms with Gasteiger partial charge in [0.15, 0.2) is 30.9 Å². The van der Waals surface area contributed by atoms with Crippen molar-refractivity contribution in [1.29, 1.82) is 0 Å². The summed E-state index contributed by atoms with van der Waals surface area (Å²) >= 11 is 0.